The van der Waals surface area contributed by atoms with Gasteiger partial charge < -0.3 is 15.1 Å². The van der Waals surface area contributed by atoms with Crippen molar-refractivity contribution in [3.63, 3.8) is 0 Å². The van der Waals surface area contributed by atoms with Crippen molar-refractivity contribution in [1.29, 1.82) is 0 Å². The third-order valence-corrected chi connectivity index (χ3v) is 5.02. The summed E-state index contributed by atoms with van der Waals surface area (Å²) in [5, 5.41) is 3.03. The van der Waals surface area contributed by atoms with Gasteiger partial charge in [-0.2, -0.15) is 0 Å². The molecule has 5 nitrogen and oxygen atoms in total. The lowest BCUT2D eigenvalue weighted by molar-refractivity contribution is -0.128. The molecule has 1 unspecified atom stereocenters. The molecule has 2 aromatic carbocycles. The van der Waals surface area contributed by atoms with E-state index in [-0.39, 0.29) is 17.9 Å². The van der Waals surface area contributed by atoms with E-state index >= 15 is 0 Å². The highest BCUT2D eigenvalue weighted by molar-refractivity contribution is 5.94. The normalized spacial score (nSPS) is 15.2. The molecular weight excluding hydrogens is 338 g/mol. The van der Waals surface area contributed by atoms with Crippen molar-refractivity contribution in [3.05, 3.63) is 71.3 Å². The van der Waals surface area contributed by atoms with Crippen molar-refractivity contribution >= 4 is 11.8 Å². The zero-order valence-electron chi connectivity index (χ0n) is 16.0. The third-order valence-electron chi connectivity index (χ3n) is 5.02. The van der Waals surface area contributed by atoms with Crippen LogP contribution in [0.5, 0.6) is 0 Å². The molecule has 0 bridgehead atoms. The number of rotatable bonds is 7. The Bertz CT molecular complexity index is 772. The molecule has 3 rings (SSSR count). The lowest BCUT2D eigenvalue weighted by atomic mass is 10.1. The number of nitrogens with zero attached hydrogens (tertiary/aromatic N) is 2. The molecule has 0 radical (unpaired) electrons. The molecule has 0 saturated carbocycles. The second kappa shape index (κ2) is 8.82. The second-order valence-corrected chi connectivity index (χ2v) is 7.22. The smallest absolute Gasteiger partial charge is 0.251 e. The molecule has 1 aliphatic rings. The molecule has 142 valence electrons. The van der Waals surface area contributed by atoms with Crippen molar-refractivity contribution in [2.45, 2.75) is 25.4 Å². The Morgan fingerprint density at radius 2 is 1.81 bits per heavy atom. The Kier molecular flexibility index (Phi) is 6.24. The van der Waals surface area contributed by atoms with Gasteiger partial charge in [-0.15, -0.1) is 0 Å². The molecule has 0 spiro atoms. The van der Waals surface area contributed by atoms with Crippen molar-refractivity contribution in [2.24, 2.45) is 0 Å². The Balaban J connectivity index is 1.58. The van der Waals surface area contributed by atoms with E-state index in [1.54, 1.807) is 0 Å². The molecule has 1 fully saturated rings. The first-order valence-corrected chi connectivity index (χ1v) is 9.41. The van der Waals surface area contributed by atoms with Gasteiger partial charge in [0.1, 0.15) is 0 Å². The highest BCUT2D eigenvalue weighted by Gasteiger charge is 2.20. The molecular formula is C22H27N3O2. The van der Waals surface area contributed by atoms with Gasteiger partial charge in [0, 0.05) is 31.6 Å². The van der Waals surface area contributed by atoms with Crippen molar-refractivity contribution in [1.82, 2.24) is 15.1 Å². The SMILES string of the molecule is CN(C)C(CNC(=O)c1ccc(CN2CCCC2=O)cc1)c1ccccc1. The minimum Gasteiger partial charge on any atom is -0.350 e. The molecule has 2 aromatic rings. The largest absolute Gasteiger partial charge is 0.350 e. The lowest BCUT2D eigenvalue weighted by Gasteiger charge is -2.25. The summed E-state index contributed by atoms with van der Waals surface area (Å²) in [5.74, 6) is 0.133. The number of likely N-dealkylation sites (tertiary alicyclic amines) is 1. The molecule has 1 heterocycles. The molecule has 1 atom stereocenters. The highest BCUT2D eigenvalue weighted by Crippen LogP contribution is 2.17. The first-order chi connectivity index (χ1) is 13.0. The van der Waals surface area contributed by atoms with Gasteiger partial charge in [0.15, 0.2) is 0 Å². The van der Waals surface area contributed by atoms with Gasteiger partial charge in [-0.05, 0) is 43.8 Å². The fourth-order valence-electron chi connectivity index (χ4n) is 3.42. The third kappa shape index (κ3) is 4.95. The average molecular weight is 365 g/mol. The van der Waals surface area contributed by atoms with Gasteiger partial charge in [-0.25, -0.2) is 0 Å². The van der Waals surface area contributed by atoms with Gasteiger partial charge in [-0.3, -0.25) is 9.59 Å². The van der Waals surface area contributed by atoms with Gasteiger partial charge in [-0.1, -0.05) is 42.5 Å². The number of hydrogen-bond acceptors (Lipinski definition) is 3. The first-order valence-electron chi connectivity index (χ1n) is 9.41. The van der Waals surface area contributed by atoms with Crippen LogP contribution in [-0.4, -0.2) is 48.8 Å². The van der Waals surface area contributed by atoms with E-state index in [1.165, 1.54) is 5.56 Å². The lowest BCUT2D eigenvalue weighted by Crippen LogP contribution is -2.34. The summed E-state index contributed by atoms with van der Waals surface area (Å²) in [4.78, 5) is 28.2. The van der Waals surface area contributed by atoms with Crippen LogP contribution >= 0.6 is 0 Å². The first kappa shape index (κ1) is 19.1. The van der Waals surface area contributed by atoms with E-state index < -0.39 is 0 Å². The molecule has 1 aliphatic heterocycles. The second-order valence-electron chi connectivity index (χ2n) is 7.22. The summed E-state index contributed by atoms with van der Waals surface area (Å²) in [7, 11) is 4.02. The molecule has 0 aromatic heterocycles. The zero-order chi connectivity index (χ0) is 19.2. The number of benzene rings is 2. The number of carbonyl (C=O) groups is 2. The topological polar surface area (TPSA) is 52.7 Å². The minimum atomic E-state index is -0.0819. The fraction of sp³-hybridized carbons (Fsp3) is 0.364. The van der Waals surface area contributed by atoms with Crippen LogP contribution in [-0.2, 0) is 11.3 Å². The fourth-order valence-corrected chi connectivity index (χ4v) is 3.42. The van der Waals surface area contributed by atoms with E-state index in [0.717, 1.165) is 18.5 Å². The Morgan fingerprint density at radius 1 is 1.11 bits per heavy atom. The Hall–Kier alpha value is -2.66. The van der Waals surface area contributed by atoms with Crippen LogP contribution in [0.25, 0.3) is 0 Å². The molecule has 27 heavy (non-hydrogen) atoms. The number of likely N-dealkylation sites (N-methyl/N-ethyl adjacent to an activating group) is 1. The average Bonchev–Trinajstić information content (AvgIpc) is 3.07. The molecule has 0 aliphatic carbocycles. The number of carbonyl (C=O) groups excluding carboxylic acids is 2. The molecule has 1 N–H and O–H groups in total. The Morgan fingerprint density at radius 3 is 2.41 bits per heavy atom. The monoisotopic (exact) mass is 365 g/mol. The maximum absolute atomic E-state index is 12.5. The van der Waals surface area contributed by atoms with Crippen LogP contribution in [0.1, 0.15) is 40.4 Å². The summed E-state index contributed by atoms with van der Waals surface area (Å²) in [6, 6.07) is 17.8. The van der Waals surface area contributed by atoms with Crippen LogP contribution in [0.3, 0.4) is 0 Å². The van der Waals surface area contributed by atoms with E-state index in [0.29, 0.717) is 25.1 Å². The highest BCUT2D eigenvalue weighted by atomic mass is 16.2. The van der Waals surface area contributed by atoms with Gasteiger partial charge in [0.25, 0.3) is 5.91 Å². The summed E-state index contributed by atoms with van der Waals surface area (Å²) in [5.41, 5.74) is 2.86. The molecule has 1 saturated heterocycles. The van der Waals surface area contributed by atoms with Crippen molar-refractivity contribution in [3.8, 4) is 0 Å². The minimum absolute atomic E-state index is 0.0819. The number of nitrogens with one attached hydrogen (secondary N) is 1. The van der Waals surface area contributed by atoms with E-state index in [2.05, 4.69) is 22.3 Å². The van der Waals surface area contributed by atoms with Crippen molar-refractivity contribution in [2.75, 3.05) is 27.2 Å². The predicted octanol–water partition coefficient (Wildman–Crippen LogP) is 2.84. The van der Waals surface area contributed by atoms with Gasteiger partial charge >= 0.3 is 0 Å². The van der Waals surface area contributed by atoms with Crippen LogP contribution < -0.4 is 5.32 Å². The van der Waals surface area contributed by atoms with E-state index in [4.69, 9.17) is 0 Å². The summed E-state index contributed by atoms with van der Waals surface area (Å²) in [6.07, 6.45) is 1.59. The summed E-state index contributed by atoms with van der Waals surface area (Å²) in [6.45, 7) is 1.99. The summed E-state index contributed by atoms with van der Waals surface area (Å²) < 4.78 is 0. The van der Waals surface area contributed by atoms with Crippen molar-refractivity contribution < 1.29 is 9.59 Å². The standard InChI is InChI=1S/C22H27N3O2/c1-24(2)20(18-7-4-3-5-8-18)15-23-22(27)19-12-10-17(11-13-19)16-25-14-6-9-21(25)26/h3-5,7-8,10-13,20H,6,9,14-16H2,1-2H3,(H,23,27). The Labute approximate surface area is 161 Å². The van der Waals surface area contributed by atoms with Gasteiger partial charge in [0.2, 0.25) is 5.91 Å². The van der Waals surface area contributed by atoms with E-state index in [1.807, 2.05) is 61.5 Å². The predicted molar refractivity (Wildman–Crippen MR) is 106 cm³/mol. The molecule has 2 amide bonds. The number of hydrogen-bond donors (Lipinski definition) is 1. The molecule has 5 heteroatoms. The number of amides is 2. The van der Waals surface area contributed by atoms with E-state index in [9.17, 15) is 9.59 Å². The summed E-state index contributed by atoms with van der Waals surface area (Å²) >= 11 is 0. The van der Waals surface area contributed by atoms with Crippen LogP contribution in [0.4, 0.5) is 0 Å². The quantitative estimate of drug-likeness (QED) is 0.821. The maximum Gasteiger partial charge on any atom is 0.251 e. The maximum atomic E-state index is 12.5. The zero-order valence-corrected chi connectivity index (χ0v) is 16.0. The van der Waals surface area contributed by atoms with Crippen LogP contribution in [0.2, 0.25) is 0 Å². The van der Waals surface area contributed by atoms with Crippen LogP contribution in [0, 0.1) is 0 Å². The van der Waals surface area contributed by atoms with Gasteiger partial charge in [0.05, 0.1) is 6.04 Å². The van der Waals surface area contributed by atoms with Crippen LogP contribution in [0.15, 0.2) is 54.6 Å².